The summed E-state index contributed by atoms with van der Waals surface area (Å²) < 4.78 is 2.24. The monoisotopic (exact) mass is 401 g/mol. The summed E-state index contributed by atoms with van der Waals surface area (Å²) in [4.78, 5) is 38.9. The third-order valence-corrected chi connectivity index (χ3v) is 6.27. The number of nitrogens with one attached hydrogen (secondary N) is 1. The maximum Gasteiger partial charge on any atom is 0.244 e. The molecule has 3 aromatic rings. The lowest BCUT2D eigenvalue weighted by atomic mass is 9.85. The van der Waals surface area contributed by atoms with Crippen molar-refractivity contribution in [2.45, 2.75) is 26.3 Å². The van der Waals surface area contributed by atoms with Crippen LogP contribution in [0.3, 0.4) is 0 Å². The van der Waals surface area contributed by atoms with Crippen molar-refractivity contribution < 1.29 is 14.4 Å². The molecule has 2 aromatic carbocycles. The number of likely N-dealkylation sites (tertiary alicyclic amines) is 1. The van der Waals surface area contributed by atoms with Gasteiger partial charge in [-0.3, -0.25) is 19.3 Å². The first-order chi connectivity index (χ1) is 14.6. The lowest BCUT2D eigenvalue weighted by molar-refractivity contribution is -0.142. The molecule has 1 fully saturated rings. The fourth-order valence-corrected chi connectivity index (χ4v) is 4.84. The van der Waals surface area contributed by atoms with E-state index in [1.54, 1.807) is 0 Å². The Labute approximate surface area is 174 Å². The Morgan fingerprint density at radius 2 is 1.63 bits per heavy atom. The van der Waals surface area contributed by atoms with Crippen LogP contribution in [0.1, 0.15) is 19.8 Å². The maximum atomic E-state index is 12.6. The van der Waals surface area contributed by atoms with Gasteiger partial charge >= 0.3 is 0 Å². The van der Waals surface area contributed by atoms with Gasteiger partial charge in [0.15, 0.2) is 0 Å². The average molecular weight is 401 g/mol. The van der Waals surface area contributed by atoms with Crippen molar-refractivity contribution in [3.8, 4) is 0 Å². The summed E-state index contributed by atoms with van der Waals surface area (Å²) in [5.41, 5.74) is 2.92. The van der Waals surface area contributed by atoms with Crippen LogP contribution in [-0.4, -0.2) is 33.7 Å². The Balaban J connectivity index is 1.38. The van der Waals surface area contributed by atoms with E-state index >= 15 is 0 Å². The normalized spacial score (nSPS) is 20.9. The summed E-state index contributed by atoms with van der Waals surface area (Å²) in [6, 6.07) is 14.0. The highest BCUT2D eigenvalue weighted by Gasteiger charge is 2.47. The van der Waals surface area contributed by atoms with Crippen molar-refractivity contribution in [2.75, 3.05) is 11.9 Å². The molecule has 1 aromatic heterocycles. The van der Waals surface area contributed by atoms with E-state index in [1.807, 2.05) is 42.5 Å². The van der Waals surface area contributed by atoms with E-state index in [1.165, 1.54) is 0 Å². The highest BCUT2D eigenvalue weighted by molar-refractivity contribution is 6.11. The fourth-order valence-electron chi connectivity index (χ4n) is 4.84. The fraction of sp³-hybridized carbons (Fsp3) is 0.292. The van der Waals surface area contributed by atoms with Crippen molar-refractivity contribution in [1.29, 1.82) is 0 Å². The molecule has 0 bridgehead atoms. The van der Waals surface area contributed by atoms with Gasteiger partial charge in [-0.05, 0) is 44.0 Å². The summed E-state index contributed by atoms with van der Waals surface area (Å²) in [7, 11) is 0. The van der Waals surface area contributed by atoms with Crippen LogP contribution in [0.4, 0.5) is 5.69 Å². The van der Waals surface area contributed by atoms with Crippen LogP contribution < -0.4 is 5.32 Å². The summed E-state index contributed by atoms with van der Waals surface area (Å²) in [6.45, 7) is 2.73. The first-order valence-electron chi connectivity index (χ1n) is 10.4. The van der Waals surface area contributed by atoms with Crippen LogP contribution in [0.25, 0.3) is 21.8 Å². The predicted molar refractivity (Wildman–Crippen MR) is 116 cm³/mol. The van der Waals surface area contributed by atoms with E-state index in [4.69, 9.17) is 0 Å². The molecule has 1 aliphatic heterocycles. The third-order valence-electron chi connectivity index (χ3n) is 6.27. The zero-order valence-corrected chi connectivity index (χ0v) is 16.8. The second-order valence-electron chi connectivity index (χ2n) is 7.96. The number of carbonyl (C=O) groups excluding carboxylic acids is 3. The number of aryl methyl sites for hydroxylation is 1. The molecule has 0 spiro atoms. The minimum absolute atomic E-state index is 0.231. The quantitative estimate of drug-likeness (QED) is 0.535. The largest absolute Gasteiger partial charge is 0.341 e. The van der Waals surface area contributed by atoms with Crippen molar-refractivity contribution in [3.05, 3.63) is 54.6 Å². The van der Waals surface area contributed by atoms with Gasteiger partial charge in [-0.1, -0.05) is 30.4 Å². The molecule has 0 radical (unpaired) electrons. The van der Waals surface area contributed by atoms with E-state index < -0.39 is 0 Å². The maximum absolute atomic E-state index is 12.6. The minimum atomic E-state index is -0.359. The molecule has 2 aliphatic rings. The number of hydrogen-bond donors (Lipinski definition) is 1. The zero-order chi connectivity index (χ0) is 20.8. The van der Waals surface area contributed by atoms with Gasteiger partial charge in [0, 0.05) is 34.0 Å². The van der Waals surface area contributed by atoms with Gasteiger partial charge in [0.05, 0.1) is 11.8 Å². The Morgan fingerprint density at radius 3 is 2.33 bits per heavy atom. The molecule has 6 heteroatoms. The van der Waals surface area contributed by atoms with Crippen molar-refractivity contribution >= 4 is 45.2 Å². The average Bonchev–Trinajstić information content (AvgIpc) is 3.21. The van der Waals surface area contributed by atoms with Crippen LogP contribution in [0.15, 0.2) is 54.6 Å². The second kappa shape index (κ2) is 7.13. The number of aromatic nitrogens is 1. The zero-order valence-electron chi connectivity index (χ0n) is 16.8. The lowest BCUT2D eigenvalue weighted by Gasteiger charge is -2.14. The molecule has 1 saturated heterocycles. The SMILES string of the molecule is CCn1c2ccccc2c2cc(NC(=O)CN3C(=O)C4CC=CCC4C3=O)ccc21. The number of nitrogens with zero attached hydrogens (tertiary/aromatic N) is 2. The highest BCUT2D eigenvalue weighted by Crippen LogP contribution is 2.35. The number of para-hydroxylation sites is 1. The molecule has 5 rings (SSSR count). The van der Waals surface area contributed by atoms with Crippen molar-refractivity contribution in [1.82, 2.24) is 9.47 Å². The molecule has 1 N–H and O–H groups in total. The molecular formula is C24H23N3O3. The summed E-state index contributed by atoms with van der Waals surface area (Å²) in [5.74, 6) is -1.45. The number of hydrogen-bond acceptors (Lipinski definition) is 3. The summed E-state index contributed by atoms with van der Waals surface area (Å²) >= 11 is 0. The molecule has 2 atom stereocenters. The first kappa shape index (κ1) is 18.6. The molecule has 3 amide bonds. The standard InChI is InChI=1S/C24H23N3O3/c1-2-26-20-10-6-5-7-16(20)19-13-15(11-12-21(19)26)25-22(28)14-27-23(29)17-8-3-4-9-18(17)24(27)30/h3-7,10-13,17-18H,2,8-9,14H2,1H3,(H,25,28). The van der Waals surface area contributed by atoms with Crippen molar-refractivity contribution in [2.24, 2.45) is 11.8 Å². The van der Waals surface area contributed by atoms with Crippen LogP contribution in [0.2, 0.25) is 0 Å². The van der Waals surface area contributed by atoms with Gasteiger partial charge in [0.2, 0.25) is 17.7 Å². The topological polar surface area (TPSA) is 71.4 Å². The van der Waals surface area contributed by atoms with Crippen LogP contribution >= 0.6 is 0 Å². The smallest absolute Gasteiger partial charge is 0.244 e. The number of benzene rings is 2. The van der Waals surface area contributed by atoms with Crippen LogP contribution in [0, 0.1) is 11.8 Å². The molecule has 2 unspecified atom stereocenters. The molecule has 30 heavy (non-hydrogen) atoms. The Morgan fingerprint density at radius 1 is 0.967 bits per heavy atom. The molecule has 6 nitrogen and oxygen atoms in total. The Hall–Kier alpha value is -3.41. The second-order valence-corrected chi connectivity index (χ2v) is 7.96. The summed E-state index contributed by atoms with van der Waals surface area (Å²) in [6.07, 6.45) is 5.03. The number of amides is 3. The minimum Gasteiger partial charge on any atom is -0.341 e. The molecule has 0 saturated carbocycles. The highest BCUT2D eigenvalue weighted by atomic mass is 16.2. The third kappa shape index (κ3) is 2.83. The van der Waals surface area contributed by atoms with Gasteiger partial charge in [0.25, 0.3) is 0 Å². The number of allylic oxidation sites excluding steroid dienone is 2. The number of rotatable bonds is 4. The number of carbonyl (C=O) groups is 3. The van der Waals surface area contributed by atoms with E-state index in [9.17, 15) is 14.4 Å². The van der Waals surface area contributed by atoms with Gasteiger partial charge in [-0.2, -0.15) is 0 Å². The molecular weight excluding hydrogens is 378 g/mol. The van der Waals surface area contributed by atoms with Gasteiger partial charge < -0.3 is 9.88 Å². The van der Waals surface area contributed by atoms with Gasteiger partial charge in [-0.15, -0.1) is 0 Å². The summed E-state index contributed by atoms with van der Waals surface area (Å²) in [5, 5.41) is 5.06. The molecule has 152 valence electrons. The van der Waals surface area contributed by atoms with Crippen LogP contribution in [-0.2, 0) is 20.9 Å². The Kier molecular flexibility index (Phi) is 4.42. The van der Waals surface area contributed by atoms with E-state index in [2.05, 4.69) is 28.9 Å². The van der Waals surface area contributed by atoms with E-state index in [-0.39, 0.29) is 36.1 Å². The Bertz CT molecular complexity index is 1200. The molecule has 2 heterocycles. The predicted octanol–water partition coefficient (Wildman–Crippen LogP) is 3.70. The van der Waals surface area contributed by atoms with E-state index in [0.717, 1.165) is 33.3 Å². The first-order valence-corrected chi connectivity index (χ1v) is 10.4. The number of anilines is 1. The van der Waals surface area contributed by atoms with E-state index in [0.29, 0.717) is 18.5 Å². The number of fused-ring (bicyclic) bond motifs is 4. The number of imide groups is 1. The van der Waals surface area contributed by atoms with Crippen LogP contribution in [0.5, 0.6) is 0 Å². The molecule has 1 aliphatic carbocycles. The van der Waals surface area contributed by atoms with Crippen molar-refractivity contribution in [3.63, 3.8) is 0 Å². The van der Waals surface area contributed by atoms with Gasteiger partial charge in [0.1, 0.15) is 6.54 Å². The van der Waals surface area contributed by atoms with Gasteiger partial charge in [-0.25, -0.2) is 0 Å². The lowest BCUT2D eigenvalue weighted by Crippen LogP contribution is -2.38.